The molecule has 4 amide bonds. The van der Waals surface area contributed by atoms with Gasteiger partial charge in [0.25, 0.3) is 11.8 Å². The Kier molecular flexibility index (Phi) is 8.90. The number of amides is 4. The molecule has 2 aromatic heterocycles. The van der Waals surface area contributed by atoms with Crippen LogP contribution >= 0.6 is 23.2 Å². The standard InChI is InChI=1S/C45H30Cl2F3N5O6/c46-26-11-9-24(10-12-26)44-32(41(58)55(43(44)60)53-38-33(47)19-25(21-51-38)45(48,49)50)20-31-29(37(44)22-7-15-28(56)16-8-22)17-18-30-36(31)42(59)54(40(30)57)27-13-5-23(6-14-27)39-52-34-3-1-2-4-35(34)61-39/h1-17,19,21,30-32,36-37,56H,18,20H2,(H,51,53). The zero-order chi connectivity index (χ0) is 42.5. The predicted molar refractivity (Wildman–Crippen MR) is 217 cm³/mol. The Balaban J connectivity index is 1.06. The number of halogens is 5. The van der Waals surface area contributed by atoms with Crippen LogP contribution in [0.4, 0.5) is 24.7 Å². The molecule has 2 aliphatic heterocycles. The number of hydrogen-bond donors (Lipinski definition) is 2. The summed E-state index contributed by atoms with van der Waals surface area (Å²) in [7, 11) is 0. The fourth-order valence-corrected chi connectivity index (χ4v) is 10.2. The lowest BCUT2D eigenvalue weighted by Crippen LogP contribution is -2.53. The maximum Gasteiger partial charge on any atom is 0.417 e. The van der Waals surface area contributed by atoms with E-state index in [1.54, 1.807) is 66.7 Å². The summed E-state index contributed by atoms with van der Waals surface area (Å²) in [6.07, 6.45) is -2.23. The van der Waals surface area contributed by atoms with E-state index >= 15 is 4.79 Å². The van der Waals surface area contributed by atoms with Gasteiger partial charge in [-0.15, -0.1) is 0 Å². The lowest BCUT2D eigenvalue weighted by Gasteiger charge is -2.50. The maximum atomic E-state index is 15.3. The number of aromatic nitrogens is 2. The second-order valence-electron chi connectivity index (χ2n) is 15.6. The van der Waals surface area contributed by atoms with E-state index in [2.05, 4.69) is 15.4 Å². The third-order valence-corrected chi connectivity index (χ3v) is 13.0. The maximum absolute atomic E-state index is 15.3. The number of carbonyl (C=O) groups excluding carboxylic acids is 4. The Bertz CT molecular complexity index is 2820. The second-order valence-corrected chi connectivity index (χ2v) is 16.4. The topological polar surface area (TPSA) is 146 Å². The van der Waals surface area contributed by atoms with Gasteiger partial charge in [-0.05, 0) is 96.6 Å². The van der Waals surface area contributed by atoms with Crippen molar-refractivity contribution < 1.29 is 41.9 Å². The first-order valence-electron chi connectivity index (χ1n) is 19.2. The monoisotopic (exact) mass is 863 g/mol. The molecule has 0 spiro atoms. The van der Waals surface area contributed by atoms with Gasteiger partial charge in [-0.3, -0.25) is 29.5 Å². The minimum absolute atomic E-state index is 0.0509. The van der Waals surface area contributed by atoms with Gasteiger partial charge in [0.2, 0.25) is 17.7 Å². The number of carbonyl (C=O) groups is 4. The molecule has 4 heterocycles. The van der Waals surface area contributed by atoms with Gasteiger partial charge in [0.15, 0.2) is 11.4 Å². The quantitative estimate of drug-likeness (QED) is 0.124. The number of hydrogen-bond acceptors (Lipinski definition) is 9. The van der Waals surface area contributed by atoms with Crippen LogP contribution in [0.2, 0.25) is 10.0 Å². The lowest BCUT2D eigenvalue weighted by molar-refractivity contribution is -0.139. The van der Waals surface area contributed by atoms with Crippen molar-refractivity contribution in [1.29, 1.82) is 0 Å². The number of pyridine rings is 1. The molecule has 11 nitrogen and oxygen atoms in total. The van der Waals surface area contributed by atoms with Gasteiger partial charge in [-0.1, -0.05) is 71.2 Å². The molecule has 2 N–H and O–H groups in total. The van der Waals surface area contributed by atoms with Crippen LogP contribution in [0.1, 0.15) is 35.4 Å². The molecule has 6 aromatic rings. The Labute approximate surface area is 354 Å². The second kappa shape index (κ2) is 14.0. The number of oxazole rings is 1. The molecule has 61 heavy (non-hydrogen) atoms. The number of alkyl halides is 3. The van der Waals surface area contributed by atoms with Crippen LogP contribution < -0.4 is 10.3 Å². The summed E-state index contributed by atoms with van der Waals surface area (Å²) in [5.41, 5.74) is 3.64. The number of nitrogens with zero attached hydrogens (tertiary/aromatic N) is 4. The van der Waals surface area contributed by atoms with Crippen LogP contribution in [0.25, 0.3) is 22.6 Å². The van der Waals surface area contributed by atoms with E-state index in [1.807, 2.05) is 24.3 Å². The predicted octanol–water partition coefficient (Wildman–Crippen LogP) is 9.11. The lowest BCUT2D eigenvalue weighted by atomic mass is 9.49. The Morgan fingerprint density at radius 2 is 1.57 bits per heavy atom. The highest BCUT2D eigenvalue weighted by atomic mass is 35.5. The molecular formula is C45H30Cl2F3N5O6. The number of rotatable bonds is 6. The molecule has 10 rings (SSSR count). The summed E-state index contributed by atoms with van der Waals surface area (Å²) < 4.78 is 46.5. The van der Waals surface area contributed by atoms with E-state index in [-0.39, 0.29) is 24.4 Å². The molecule has 0 radical (unpaired) electrons. The molecule has 1 saturated carbocycles. The third kappa shape index (κ3) is 5.94. The number of benzene rings is 4. The largest absolute Gasteiger partial charge is 0.508 e. The van der Waals surface area contributed by atoms with Gasteiger partial charge in [0.1, 0.15) is 11.3 Å². The first-order valence-corrected chi connectivity index (χ1v) is 20.0. The van der Waals surface area contributed by atoms with Crippen LogP contribution in [0.15, 0.2) is 125 Å². The van der Waals surface area contributed by atoms with Crippen LogP contribution in [0, 0.1) is 23.7 Å². The summed E-state index contributed by atoms with van der Waals surface area (Å²) in [4.78, 5) is 68.8. The first kappa shape index (κ1) is 38.7. The summed E-state index contributed by atoms with van der Waals surface area (Å²) >= 11 is 12.6. The minimum atomic E-state index is -4.76. The number of allylic oxidation sites excluding steroid dienone is 2. The van der Waals surface area contributed by atoms with Crippen molar-refractivity contribution in [3.05, 3.63) is 148 Å². The van der Waals surface area contributed by atoms with Crippen molar-refractivity contribution in [3.63, 3.8) is 0 Å². The zero-order valence-corrected chi connectivity index (χ0v) is 32.9. The molecule has 4 aliphatic rings. The number of phenolic OH excluding ortho intramolecular Hbond substituents is 1. The van der Waals surface area contributed by atoms with Crippen molar-refractivity contribution in [3.8, 4) is 17.2 Å². The molecule has 306 valence electrons. The van der Waals surface area contributed by atoms with Gasteiger partial charge in [0, 0.05) is 22.7 Å². The number of anilines is 2. The summed E-state index contributed by atoms with van der Waals surface area (Å²) in [6, 6.07) is 27.3. The molecular weight excluding hydrogens is 834 g/mol. The number of nitrogens with one attached hydrogen (secondary N) is 1. The highest BCUT2D eigenvalue weighted by Gasteiger charge is 2.70. The van der Waals surface area contributed by atoms with Crippen molar-refractivity contribution in [2.75, 3.05) is 10.3 Å². The van der Waals surface area contributed by atoms with Gasteiger partial charge in [-0.25, -0.2) is 9.97 Å². The number of aromatic hydroxyl groups is 1. The molecule has 2 saturated heterocycles. The summed E-state index contributed by atoms with van der Waals surface area (Å²) in [6.45, 7) is 0. The van der Waals surface area contributed by atoms with E-state index in [4.69, 9.17) is 27.6 Å². The van der Waals surface area contributed by atoms with Crippen molar-refractivity contribution in [1.82, 2.24) is 15.0 Å². The van der Waals surface area contributed by atoms with Crippen molar-refractivity contribution in [2.45, 2.75) is 30.4 Å². The highest BCUT2D eigenvalue weighted by Crippen LogP contribution is 2.64. The fraction of sp³-hybridized carbons (Fsp3) is 0.200. The SMILES string of the molecule is O=C1C2CC3C(=CCC4C(=O)N(c5ccc(-c6nc7ccccc7o6)cc5)C(=O)C43)C(c3ccc(O)cc3)C2(c2ccc(Cl)cc2)C(=O)N1Nc1ncc(C(F)(F)F)cc1Cl. The molecule has 0 bridgehead atoms. The Morgan fingerprint density at radius 3 is 2.26 bits per heavy atom. The first-order chi connectivity index (χ1) is 29.2. The van der Waals surface area contributed by atoms with Crippen molar-refractivity contribution in [2.24, 2.45) is 23.7 Å². The molecule has 6 unspecified atom stereocenters. The number of imide groups is 2. The zero-order valence-electron chi connectivity index (χ0n) is 31.4. The smallest absolute Gasteiger partial charge is 0.417 e. The van der Waals surface area contributed by atoms with E-state index in [1.165, 1.54) is 17.0 Å². The average Bonchev–Trinajstić information content (AvgIpc) is 3.86. The van der Waals surface area contributed by atoms with E-state index in [0.29, 0.717) is 62.2 Å². The van der Waals surface area contributed by atoms with Gasteiger partial charge in [0.05, 0.1) is 39.4 Å². The van der Waals surface area contributed by atoms with Crippen molar-refractivity contribution >= 4 is 69.4 Å². The Hall–Kier alpha value is -6.51. The van der Waals surface area contributed by atoms with Crippen LogP contribution in [0.3, 0.4) is 0 Å². The van der Waals surface area contributed by atoms with Gasteiger partial charge < -0.3 is 9.52 Å². The van der Waals surface area contributed by atoms with Gasteiger partial charge in [-0.2, -0.15) is 18.2 Å². The third-order valence-electron chi connectivity index (χ3n) is 12.5. The van der Waals surface area contributed by atoms with Gasteiger partial charge >= 0.3 is 6.18 Å². The summed E-state index contributed by atoms with van der Waals surface area (Å²) in [5.74, 6) is -6.95. The highest BCUT2D eigenvalue weighted by molar-refractivity contribution is 6.33. The number of phenols is 1. The minimum Gasteiger partial charge on any atom is -0.508 e. The molecule has 4 aromatic carbocycles. The number of fused-ring (bicyclic) bond motifs is 5. The average molecular weight is 865 g/mol. The molecule has 3 fully saturated rings. The number of hydrazine groups is 1. The fourth-order valence-electron chi connectivity index (χ4n) is 9.83. The normalized spacial score (nSPS) is 24.8. The molecule has 16 heteroatoms. The van der Waals surface area contributed by atoms with Crippen LogP contribution in [-0.2, 0) is 30.8 Å². The molecule has 2 aliphatic carbocycles. The van der Waals surface area contributed by atoms with Crippen LogP contribution in [-0.4, -0.2) is 43.7 Å². The van der Waals surface area contributed by atoms with E-state index < -0.39 is 75.4 Å². The Morgan fingerprint density at radius 1 is 0.852 bits per heavy atom. The van der Waals surface area contributed by atoms with E-state index in [0.717, 1.165) is 5.01 Å². The van der Waals surface area contributed by atoms with Crippen LogP contribution in [0.5, 0.6) is 5.75 Å². The summed E-state index contributed by atoms with van der Waals surface area (Å²) in [5, 5.41) is 11.0. The number of para-hydroxylation sites is 2. The van der Waals surface area contributed by atoms with E-state index in [9.17, 15) is 32.7 Å². The molecule has 6 atom stereocenters.